The zero-order valence-electron chi connectivity index (χ0n) is 11.4. The highest BCUT2D eigenvalue weighted by Crippen LogP contribution is 2.24. The Balaban J connectivity index is 3.46. The average Bonchev–Trinajstić information content (AvgIpc) is 2.37. The van der Waals surface area contributed by atoms with Crippen LogP contribution in [-0.4, -0.2) is 21.4 Å². The zero-order valence-corrected chi connectivity index (χ0v) is 11.4. The van der Waals surface area contributed by atoms with Gasteiger partial charge in [-0.2, -0.15) is 15.7 Å². The normalized spacial score (nSPS) is 15.9. The number of quaternary nitrogens is 3. The topological polar surface area (TPSA) is 160 Å². The van der Waals surface area contributed by atoms with Gasteiger partial charge in [0.25, 0.3) is 0 Å². The van der Waals surface area contributed by atoms with E-state index in [9.17, 15) is 20.4 Å². The van der Waals surface area contributed by atoms with Crippen molar-refractivity contribution in [3.8, 4) is 0 Å². The van der Waals surface area contributed by atoms with E-state index in [1.54, 1.807) is 13.8 Å². The second-order valence-electron chi connectivity index (χ2n) is 4.76. The van der Waals surface area contributed by atoms with Gasteiger partial charge in [-0.3, -0.25) is 4.79 Å². The minimum Gasteiger partial charge on any atom is -0.595 e. The Kier molecular flexibility index (Phi) is 5.86. The smallest absolute Gasteiger partial charge is 0.179 e. The molecule has 3 atom stereocenters. The molecule has 10 heteroatoms. The lowest BCUT2D eigenvalue weighted by atomic mass is 9.98. The molecular formula is C11H17N3O7. The van der Waals surface area contributed by atoms with E-state index in [1.165, 1.54) is 0 Å². The fraction of sp³-hybridized carbons (Fsp3) is 0.364. The molecule has 118 valence electrons. The third-order valence-corrected chi connectivity index (χ3v) is 2.95. The van der Waals surface area contributed by atoms with Gasteiger partial charge in [0.1, 0.15) is 5.78 Å². The summed E-state index contributed by atoms with van der Waals surface area (Å²) in [4.78, 5) is 11.8. The number of hydrogen-bond donors (Lipinski definition) is 6. The van der Waals surface area contributed by atoms with Gasteiger partial charge in [-0.15, -0.1) is 0 Å². The maximum Gasteiger partial charge on any atom is 0.179 e. The van der Waals surface area contributed by atoms with Crippen molar-refractivity contribution in [1.29, 1.82) is 0 Å². The quantitative estimate of drug-likeness (QED) is 0.321. The number of ketones is 1. The van der Waals surface area contributed by atoms with Crippen molar-refractivity contribution < 1.29 is 36.1 Å². The summed E-state index contributed by atoms with van der Waals surface area (Å²) in [5, 5.41) is 56.2. The van der Waals surface area contributed by atoms with Gasteiger partial charge in [0.2, 0.25) is 0 Å². The number of Topliss-reactive ketones (excluding diaryl/α,β-unsaturated/α-hetero) is 1. The lowest BCUT2D eigenvalue weighted by Gasteiger charge is -2.23. The third kappa shape index (κ3) is 4.25. The summed E-state index contributed by atoms with van der Waals surface area (Å²) in [5.74, 6) is -0.726. The summed E-state index contributed by atoms with van der Waals surface area (Å²) in [5.41, 5.74) is -1.60. The molecule has 0 radical (unpaired) electrons. The monoisotopic (exact) mass is 303 g/mol. The number of hydrogen-bond acceptors (Lipinski definition) is 7. The standard InChI is InChI=1S/C11H17N3O7/c1-6(2)11(15)5-8-9(13(18)19)3-7(12(16)17)4-10(8)14(20)21/h3-4,6,12-14,16,18,20H,5H2,1-2H3. The van der Waals surface area contributed by atoms with Crippen molar-refractivity contribution in [2.24, 2.45) is 5.92 Å². The molecule has 10 nitrogen and oxygen atoms in total. The molecule has 0 aliphatic rings. The second-order valence-corrected chi connectivity index (χ2v) is 4.76. The fourth-order valence-corrected chi connectivity index (χ4v) is 1.75. The van der Waals surface area contributed by atoms with Crippen LogP contribution in [0.4, 0.5) is 17.1 Å². The molecule has 1 rings (SSSR count). The van der Waals surface area contributed by atoms with E-state index in [0.717, 1.165) is 12.1 Å². The minimum atomic E-state index is -1.48. The van der Waals surface area contributed by atoms with Gasteiger partial charge in [-0.25, -0.2) is 15.6 Å². The Labute approximate surface area is 119 Å². The van der Waals surface area contributed by atoms with E-state index in [2.05, 4.69) is 0 Å². The van der Waals surface area contributed by atoms with Gasteiger partial charge >= 0.3 is 0 Å². The minimum absolute atomic E-state index is 0.182. The maximum atomic E-state index is 11.8. The molecule has 3 unspecified atom stereocenters. The van der Waals surface area contributed by atoms with Crippen molar-refractivity contribution in [3.05, 3.63) is 33.3 Å². The molecule has 0 amide bonds. The van der Waals surface area contributed by atoms with Crippen LogP contribution in [-0.2, 0) is 11.2 Å². The van der Waals surface area contributed by atoms with E-state index in [-0.39, 0.29) is 17.8 Å². The molecule has 0 saturated carbocycles. The van der Waals surface area contributed by atoms with Crippen LogP contribution >= 0.6 is 0 Å². The first-order valence-corrected chi connectivity index (χ1v) is 6.04. The third-order valence-electron chi connectivity index (χ3n) is 2.95. The number of nitrogens with one attached hydrogen (secondary N) is 3. The molecule has 21 heavy (non-hydrogen) atoms. The Morgan fingerprint density at radius 2 is 1.48 bits per heavy atom. The van der Waals surface area contributed by atoms with E-state index < -0.39 is 38.7 Å². The summed E-state index contributed by atoms with van der Waals surface area (Å²) >= 11 is 0. The molecule has 0 aliphatic carbocycles. The fourth-order valence-electron chi connectivity index (χ4n) is 1.75. The van der Waals surface area contributed by atoms with Crippen LogP contribution in [0.25, 0.3) is 0 Å². The lowest BCUT2D eigenvalue weighted by Crippen LogP contribution is -3.03. The number of rotatable bonds is 6. The number of benzene rings is 1. The molecule has 1 aromatic carbocycles. The van der Waals surface area contributed by atoms with Crippen LogP contribution in [0.2, 0.25) is 0 Å². The Hall–Kier alpha value is -1.47. The summed E-state index contributed by atoms with van der Waals surface area (Å²) in [6.45, 7) is 3.21. The summed E-state index contributed by atoms with van der Waals surface area (Å²) in [6.07, 6.45) is -0.374. The summed E-state index contributed by atoms with van der Waals surface area (Å²) in [6, 6.07) is 1.72. The number of carbonyl (C=O) groups is 1. The van der Waals surface area contributed by atoms with Crippen molar-refractivity contribution in [1.82, 2.24) is 0 Å². The van der Waals surface area contributed by atoms with Gasteiger partial charge in [-0.1, -0.05) is 13.8 Å². The largest absolute Gasteiger partial charge is 0.595 e. The van der Waals surface area contributed by atoms with E-state index in [0.29, 0.717) is 0 Å². The van der Waals surface area contributed by atoms with Crippen LogP contribution in [0.15, 0.2) is 12.1 Å². The number of carbonyl (C=O) groups excluding carboxylic acids is 1. The highest BCUT2D eigenvalue weighted by Gasteiger charge is 2.26. The van der Waals surface area contributed by atoms with Gasteiger partial charge < -0.3 is 15.6 Å². The molecule has 0 spiro atoms. The van der Waals surface area contributed by atoms with Crippen molar-refractivity contribution >= 4 is 22.8 Å². The maximum absolute atomic E-state index is 11.8. The van der Waals surface area contributed by atoms with Crippen molar-refractivity contribution in [2.75, 3.05) is 0 Å². The predicted molar refractivity (Wildman–Crippen MR) is 67.3 cm³/mol. The highest BCUT2D eigenvalue weighted by atomic mass is 16.8. The first-order chi connectivity index (χ1) is 9.65. The van der Waals surface area contributed by atoms with E-state index >= 15 is 0 Å². The molecule has 6 N–H and O–H groups in total. The summed E-state index contributed by atoms with van der Waals surface area (Å²) < 4.78 is 0. The first-order valence-electron chi connectivity index (χ1n) is 6.04. The highest BCUT2D eigenvalue weighted by molar-refractivity contribution is 5.85. The van der Waals surface area contributed by atoms with E-state index in [1.807, 2.05) is 0 Å². The van der Waals surface area contributed by atoms with Gasteiger partial charge in [-0.05, 0) is 0 Å². The molecule has 0 aliphatic heterocycles. The lowest BCUT2D eigenvalue weighted by molar-refractivity contribution is -1.00. The van der Waals surface area contributed by atoms with Crippen LogP contribution in [0.3, 0.4) is 0 Å². The van der Waals surface area contributed by atoms with Crippen LogP contribution in [0, 0.1) is 21.5 Å². The SMILES string of the molecule is CC(C)C(=O)Cc1c([NH+]([O-])O)cc([NH+]([O-])O)cc1[NH+]([O-])O. The Morgan fingerprint density at radius 1 is 1.05 bits per heavy atom. The predicted octanol–water partition coefficient (Wildman–Crippen LogP) is -2.34. The second kappa shape index (κ2) is 7.00. The van der Waals surface area contributed by atoms with Crippen LogP contribution < -0.4 is 15.7 Å². The van der Waals surface area contributed by atoms with Gasteiger partial charge in [0.05, 0.1) is 17.7 Å². The van der Waals surface area contributed by atoms with Crippen molar-refractivity contribution in [3.63, 3.8) is 0 Å². The molecule has 0 bridgehead atoms. The van der Waals surface area contributed by atoms with E-state index in [4.69, 9.17) is 15.6 Å². The first kappa shape index (κ1) is 17.6. The molecule has 0 aromatic heterocycles. The van der Waals surface area contributed by atoms with Crippen LogP contribution in [0.5, 0.6) is 0 Å². The summed E-state index contributed by atoms with van der Waals surface area (Å²) in [7, 11) is 0. The zero-order chi connectivity index (χ0) is 16.3. The molecular weight excluding hydrogens is 286 g/mol. The van der Waals surface area contributed by atoms with Crippen LogP contribution in [0.1, 0.15) is 19.4 Å². The average molecular weight is 303 g/mol. The van der Waals surface area contributed by atoms with Gasteiger partial charge in [0.15, 0.2) is 17.1 Å². The molecule has 1 aromatic rings. The molecule has 0 saturated heterocycles. The Bertz CT molecular complexity index is 488. The van der Waals surface area contributed by atoms with Crippen molar-refractivity contribution in [2.45, 2.75) is 20.3 Å². The molecule has 0 heterocycles. The Morgan fingerprint density at radius 3 is 1.76 bits per heavy atom. The van der Waals surface area contributed by atoms with Gasteiger partial charge in [0, 0.05) is 12.3 Å². The molecule has 0 fully saturated rings.